The van der Waals surface area contributed by atoms with Crippen molar-refractivity contribution in [3.63, 3.8) is 0 Å². The molecule has 1 fully saturated rings. The van der Waals surface area contributed by atoms with Crippen LogP contribution in [0.5, 0.6) is 5.75 Å². The van der Waals surface area contributed by atoms with E-state index in [0.717, 1.165) is 25.9 Å². The number of para-hydroxylation sites is 1. The molecule has 6 heteroatoms. The molecule has 1 aliphatic heterocycles. The molecule has 1 amide bonds. The van der Waals surface area contributed by atoms with Gasteiger partial charge in [-0.15, -0.1) is 0 Å². The Morgan fingerprint density at radius 3 is 2.67 bits per heavy atom. The van der Waals surface area contributed by atoms with Crippen molar-refractivity contribution in [1.29, 1.82) is 0 Å². The first-order valence-electron chi connectivity index (χ1n) is 7.81. The van der Waals surface area contributed by atoms with Crippen LogP contribution in [0.1, 0.15) is 28.8 Å². The van der Waals surface area contributed by atoms with Crippen LogP contribution in [0, 0.1) is 5.82 Å². The molecule has 0 aliphatic carbocycles. The molecule has 0 spiro atoms. The maximum atomic E-state index is 14.2. The van der Waals surface area contributed by atoms with Gasteiger partial charge in [0.15, 0.2) is 0 Å². The van der Waals surface area contributed by atoms with Crippen molar-refractivity contribution in [3.05, 3.63) is 59.4 Å². The molecular formula is C18H18FN3O2. The molecule has 1 saturated heterocycles. The molecule has 3 rings (SSSR count). The maximum Gasteiger partial charge on any atom is 0.275 e. The first kappa shape index (κ1) is 16.0. The number of nitrogens with zero attached hydrogens (tertiary/aromatic N) is 2. The number of rotatable bonds is 4. The Labute approximate surface area is 139 Å². The van der Waals surface area contributed by atoms with Gasteiger partial charge in [0.05, 0.1) is 17.5 Å². The van der Waals surface area contributed by atoms with Gasteiger partial charge in [0.25, 0.3) is 5.91 Å². The Morgan fingerprint density at radius 1 is 1.21 bits per heavy atom. The zero-order chi connectivity index (χ0) is 16.9. The van der Waals surface area contributed by atoms with Gasteiger partial charge in [0.2, 0.25) is 0 Å². The lowest BCUT2D eigenvalue weighted by atomic mass is 10.2. The number of aromatic hydroxyl groups is 1. The van der Waals surface area contributed by atoms with E-state index in [1.54, 1.807) is 24.3 Å². The number of anilines is 1. The average Bonchev–Trinajstić information content (AvgIpc) is 3.09. The van der Waals surface area contributed by atoms with Crippen LogP contribution >= 0.6 is 0 Å². The van der Waals surface area contributed by atoms with Crippen molar-refractivity contribution in [2.45, 2.75) is 12.8 Å². The van der Waals surface area contributed by atoms with Crippen molar-refractivity contribution in [2.75, 3.05) is 18.0 Å². The second kappa shape index (κ2) is 7.12. The van der Waals surface area contributed by atoms with Gasteiger partial charge in [-0.3, -0.25) is 4.79 Å². The Morgan fingerprint density at radius 2 is 1.96 bits per heavy atom. The summed E-state index contributed by atoms with van der Waals surface area (Å²) in [7, 11) is 0. The molecule has 0 saturated carbocycles. The van der Waals surface area contributed by atoms with E-state index < -0.39 is 5.91 Å². The molecule has 0 bridgehead atoms. The van der Waals surface area contributed by atoms with Crippen LogP contribution in [0.15, 0.2) is 47.6 Å². The quantitative estimate of drug-likeness (QED) is 0.670. The summed E-state index contributed by atoms with van der Waals surface area (Å²) in [5, 5.41) is 13.4. The van der Waals surface area contributed by atoms with E-state index in [1.165, 1.54) is 24.4 Å². The van der Waals surface area contributed by atoms with Crippen molar-refractivity contribution < 1.29 is 14.3 Å². The summed E-state index contributed by atoms with van der Waals surface area (Å²) in [6.45, 7) is 1.75. The van der Waals surface area contributed by atoms with Crippen molar-refractivity contribution in [3.8, 4) is 5.75 Å². The number of amides is 1. The van der Waals surface area contributed by atoms with Crippen molar-refractivity contribution in [1.82, 2.24) is 5.43 Å². The molecule has 2 aromatic carbocycles. The van der Waals surface area contributed by atoms with E-state index in [2.05, 4.69) is 10.5 Å². The van der Waals surface area contributed by atoms with Gasteiger partial charge in [0.1, 0.15) is 11.6 Å². The van der Waals surface area contributed by atoms with Gasteiger partial charge >= 0.3 is 0 Å². The zero-order valence-electron chi connectivity index (χ0n) is 13.1. The molecule has 0 atom stereocenters. The summed E-state index contributed by atoms with van der Waals surface area (Å²) in [5.41, 5.74) is 3.59. The molecule has 2 aromatic rings. The SMILES string of the molecule is O=C(N/N=C/c1ccc(N2CCCC2)c(F)c1)c1ccccc1O. The van der Waals surface area contributed by atoms with Crippen LogP contribution in [0.3, 0.4) is 0 Å². The Balaban J connectivity index is 1.65. The average molecular weight is 327 g/mol. The summed E-state index contributed by atoms with van der Waals surface area (Å²) in [4.78, 5) is 13.9. The van der Waals surface area contributed by atoms with Crippen LogP contribution in [0.25, 0.3) is 0 Å². The summed E-state index contributed by atoms with van der Waals surface area (Å²) in [6.07, 6.45) is 3.54. The van der Waals surface area contributed by atoms with Gasteiger partial charge < -0.3 is 10.0 Å². The molecule has 1 aliphatic rings. The van der Waals surface area contributed by atoms with Crippen LogP contribution in [0.4, 0.5) is 10.1 Å². The van der Waals surface area contributed by atoms with Crippen LogP contribution in [-0.2, 0) is 0 Å². The van der Waals surface area contributed by atoms with Crippen molar-refractivity contribution >= 4 is 17.8 Å². The smallest absolute Gasteiger partial charge is 0.275 e. The number of benzene rings is 2. The second-order valence-electron chi connectivity index (χ2n) is 5.62. The largest absolute Gasteiger partial charge is 0.507 e. The Bertz CT molecular complexity index is 771. The first-order chi connectivity index (χ1) is 11.6. The normalized spacial score (nSPS) is 14.3. The third kappa shape index (κ3) is 3.53. The van der Waals surface area contributed by atoms with E-state index >= 15 is 0 Å². The number of nitrogens with one attached hydrogen (secondary N) is 1. The fraction of sp³-hybridized carbons (Fsp3) is 0.222. The molecule has 0 aromatic heterocycles. The highest BCUT2D eigenvalue weighted by Gasteiger charge is 2.15. The van der Waals surface area contributed by atoms with Gasteiger partial charge in [0, 0.05) is 13.1 Å². The third-order valence-corrected chi connectivity index (χ3v) is 3.95. The molecular weight excluding hydrogens is 309 g/mol. The van der Waals surface area contributed by atoms with Crippen LogP contribution in [-0.4, -0.2) is 30.3 Å². The monoisotopic (exact) mass is 327 g/mol. The lowest BCUT2D eigenvalue weighted by Gasteiger charge is -2.18. The predicted molar refractivity (Wildman–Crippen MR) is 91.0 cm³/mol. The number of carbonyl (C=O) groups excluding carboxylic acids is 1. The molecule has 0 radical (unpaired) electrons. The standard InChI is InChI=1S/C18H18FN3O2/c19-15-11-13(7-8-16(15)22-9-3-4-10-22)12-20-21-18(24)14-5-1-2-6-17(14)23/h1-2,5-8,11-12,23H,3-4,9-10H2,(H,21,24)/b20-12+. The van der Waals surface area contributed by atoms with Gasteiger partial charge in [-0.05, 0) is 42.7 Å². The van der Waals surface area contributed by atoms with E-state index in [-0.39, 0.29) is 17.1 Å². The highest BCUT2D eigenvalue weighted by molar-refractivity contribution is 5.97. The number of hydrogen-bond acceptors (Lipinski definition) is 4. The molecule has 124 valence electrons. The first-order valence-corrected chi connectivity index (χ1v) is 7.81. The molecule has 1 heterocycles. The van der Waals surface area contributed by atoms with Gasteiger partial charge in [-0.25, -0.2) is 9.82 Å². The highest BCUT2D eigenvalue weighted by atomic mass is 19.1. The fourth-order valence-electron chi connectivity index (χ4n) is 2.71. The molecule has 0 unspecified atom stereocenters. The topological polar surface area (TPSA) is 64.9 Å². The number of hydrogen-bond donors (Lipinski definition) is 2. The van der Waals surface area contributed by atoms with E-state index in [9.17, 15) is 14.3 Å². The summed E-state index contributed by atoms with van der Waals surface area (Å²) >= 11 is 0. The summed E-state index contributed by atoms with van der Waals surface area (Å²) in [5.74, 6) is -0.947. The lowest BCUT2D eigenvalue weighted by Crippen LogP contribution is -2.19. The van der Waals surface area contributed by atoms with Gasteiger partial charge in [-0.2, -0.15) is 5.10 Å². The Kier molecular flexibility index (Phi) is 4.74. The third-order valence-electron chi connectivity index (χ3n) is 3.95. The lowest BCUT2D eigenvalue weighted by molar-refractivity contribution is 0.0952. The molecule has 2 N–H and O–H groups in total. The minimum Gasteiger partial charge on any atom is -0.507 e. The summed E-state index contributed by atoms with van der Waals surface area (Å²) in [6, 6.07) is 11.1. The number of hydrazone groups is 1. The zero-order valence-corrected chi connectivity index (χ0v) is 13.1. The number of halogens is 1. The molecule has 5 nitrogen and oxygen atoms in total. The number of phenols is 1. The van der Waals surface area contributed by atoms with Gasteiger partial charge in [-0.1, -0.05) is 18.2 Å². The van der Waals surface area contributed by atoms with E-state index in [0.29, 0.717) is 11.3 Å². The molecule has 24 heavy (non-hydrogen) atoms. The Hall–Kier alpha value is -2.89. The van der Waals surface area contributed by atoms with Crippen LogP contribution < -0.4 is 10.3 Å². The highest BCUT2D eigenvalue weighted by Crippen LogP contribution is 2.24. The second-order valence-corrected chi connectivity index (χ2v) is 5.62. The minimum absolute atomic E-state index is 0.119. The van der Waals surface area contributed by atoms with E-state index in [1.807, 2.05) is 4.90 Å². The van der Waals surface area contributed by atoms with E-state index in [4.69, 9.17) is 0 Å². The number of phenolic OH excluding ortho intramolecular Hbond substituents is 1. The fourth-order valence-corrected chi connectivity index (χ4v) is 2.71. The maximum absolute atomic E-state index is 14.2. The summed E-state index contributed by atoms with van der Waals surface area (Å²) < 4.78 is 14.2. The van der Waals surface area contributed by atoms with Crippen molar-refractivity contribution in [2.24, 2.45) is 5.10 Å². The number of carbonyl (C=O) groups is 1. The van der Waals surface area contributed by atoms with Crippen LogP contribution in [0.2, 0.25) is 0 Å². The predicted octanol–water partition coefficient (Wildman–Crippen LogP) is 2.90. The minimum atomic E-state index is -0.529.